The highest BCUT2D eigenvalue weighted by molar-refractivity contribution is 9.10. The van der Waals surface area contributed by atoms with E-state index < -0.39 is 99.5 Å². The molecule has 2 N–H and O–H groups in total. The van der Waals surface area contributed by atoms with Crippen LogP contribution in [0.15, 0.2) is 65.1 Å². The highest BCUT2D eigenvalue weighted by atomic mass is 79.9. The molecule has 0 saturated carbocycles. The van der Waals surface area contributed by atoms with E-state index in [-0.39, 0.29) is 22.2 Å². The number of halogens is 17. The first-order valence-electron chi connectivity index (χ1n) is 13.0. The van der Waals surface area contributed by atoms with E-state index in [2.05, 4.69) is 15.9 Å². The molecule has 0 aromatic heterocycles. The van der Waals surface area contributed by atoms with Crippen molar-refractivity contribution in [2.45, 2.75) is 24.7 Å². The molecule has 0 bridgehead atoms. The van der Waals surface area contributed by atoms with Gasteiger partial charge in [0.15, 0.2) is 0 Å². The number of nitriles is 2. The summed E-state index contributed by atoms with van der Waals surface area (Å²) in [6, 6.07) is 6.97. The molecular formula is C30H12BBrF16N2O2. The Bertz CT molecular complexity index is 1970. The van der Waals surface area contributed by atoms with E-state index in [9.17, 15) is 70.2 Å². The van der Waals surface area contributed by atoms with Crippen LogP contribution in [0.2, 0.25) is 0 Å². The summed E-state index contributed by atoms with van der Waals surface area (Å²) < 4.78 is 203. The monoisotopic (exact) mass is 826 g/mol. The molecule has 4 rings (SSSR count). The average molecular weight is 827 g/mol. The summed E-state index contributed by atoms with van der Waals surface area (Å²) in [7, 11) is -2.49. The van der Waals surface area contributed by atoms with Gasteiger partial charge in [0.05, 0.1) is 55.6 Å². The van der Waals surface area contributed by atoms with Gasteiger partial charge in [-0.1, -0.05) is 18.2 Å². The van der Waals surface area contributed by atoms with Gasteiger partial charge in [-0.15, -0.1) is 0 Å². The molecule has 4 nitrogen and oxygen atoms in total. The minimum atomic E-state index is -5.27. The van der Waals surface area contributed by atoms with E-state index >= 15 is 0 Å². The van der Waals surface area contributed by atoms with E-state index in [4.69, 9.17) is 20.6 Å². The lowest BCUT2D eigenvalue weighted by Gasteiger charge is -2.17. The van der Waals surface area contributed by atoms with Crippen LogP contribution in [0, 0.1) is 45.9 Å². The molecule has 0 fully saturated rings. The van der Waals surface area contributed by atoms with Gasteiger partial charge in [0.2, 0.25) is 0 Å². The molecule has 0 heterocycles. The van der Waals surface area contributed by atoms with E-state index in [1.165, 1.54) is 6.07 Å². The first-order valence-corrected chi connectivity index (χ1v) is 13.8. The minimum Gasteiger partial charge on any atom is -0.423 e. The van der Waals surface area contributed by atoms with Crippen LogP contribution >= 0.6 is 15.9 Å². The Morgan fingerprint density at radius 2 is 0.885 bits per heavy atom. The topological polar surface area (TPSA) is 88.0 Å². The summed E-state index contributed by atoms with van der Waals surface area (Å²) in [4.78, 5) is 0. The molecule has 0 spiro atoms. The average Bonchev–Trinajstić information content (AvgIpc) is 3.01. The van der Waals surface area contributed by atoms with E-state index in [1.807, 2.05) is 0 Å². The van der Waals surface area contributed by atoms with E-state index in [1.54, 1.807) is 6.07 Å². The maximum Gasteiger partial charge on any atom is 0.489 e. The fourth-order valence-electron chi connectivity index (χ4n) is 3.89. The smallest absolute Gasteiger partial charge is 0.423 e. The minimum absolute atomic E-state index is 0.0248. The molecule has 0 saturated heterocycles. The van der Waals surface area contributed by atoms with Gasteiger partial charge >= 0.3 is 31.8 Å². The van der Waals surface area contributed by atoms with Crippen molar-refractivity contribution in [1.29, 1.82) is 10.5 Å². The Morgan fingerprint density at radius 1 is 0.519 bits per heavy atom. The van der Waals surface area contributed by atoms with Crippen molar-refractivity contribution >= 4 is 28.5 Å². The molecule has 0 aliphatic carbocycles. The van der Waals surface area contributed by atoms with Gasteiger partial charge in [-0.3, -0.25) is 0 Å². The van der Waals surface area contributed by atoms with Crippen LogP contribution in [0.25, 0.3) is 11.1 Å². The largest absolute Gasteiger partial charge is 0.489 e. The standard InChI is InChI=1S/C15H5F8N.C8H5BF6O2.C7H2BrF2N/c16-11-3-7(6-24)4-12(17)13(11)9-2-1-8(14(18,19)20)5-10(9)15(21,22)23;10-7(11,12)4-1-2-6(9(16)17)5(3-4)8(13,14)15;8-7-5(9)1-4(3-11)2-6(7)10/h1-5H;1-3,16-17H;1-2H. The van der Waals surface area contributed by atoms with Gasteiger partial charge in [0.25, 0.3) is 0 Å². The van der Waals surface area contributed by atoms with Crippen molar-refractivity contribution < 1.29 is 80.3 Å². The second-order valence-corrected chi connectivity index (χ2v) is 10.5. The van der Waals surface area contributed by atoms with Crippen molar-refractivity contribution in [3.8, 4) is 23.3 Å². The van der Waals surface area contributed by atoms with Crippen molar-refractivity contribution in [3.05, 3.63) is 122 Å². The summed E-state index contributed by atoms with van der Waals surface area (Å²) in [6.45, 7) is 0. The summed E-state index contributed by atoms with van der Waals surface area (Å²) in [5.74, 6) is -4.50. The zero-order valence-electron chi connectivity index (χ0n) is 24.6. The van der Waals surface area contributed by atoms with Gasteiger partial charge in [-0.25, -0.2) is 17.6 Å². The zero-order valence-corrected chi connectivity index (χ0v) is 26.2. The van der Waals surface area contributed by atoms with Gasteiger partial charge in [0, 0.05) is 0 Å². The maximum atomic E-state index is 13.9. The molecule has 4 aromatic rings. The Hall–Kier alpha value is -4.80. The summed E-state index contributed by atoms with van der Waals surface area (Å²) in [5, 5.41) is 34.1. The Kier molecular flexibility index (Phi) is 13.6. The van der Waals surface area contributed by atoms with Crippen LogP contribution in [0.1, 0.15) is 33.4 Å². The summed E-state index contributed by atoms with van der Waals surface area (Å²) in [5.41, 5.74) is -10.4. The van der Waals surface area contributed by atoms with Crippen LogP contribution in [0.5, 0.6) is 0 Å². The van der Waals surface area contributed by atoms with Gasteiger partial charge in [-0.05, 0) is 69.4 Å². The second kappa shape index (κ2) is 16.3. The van der Waals surface area contributed by atoms with E-state index in [0.717, 1.165) is 12.1 Å². The third-order valence-electron chi connectivity index (χ3n) is 6.17. The molecule has 0 radical (unpaired) electrons. The number of nitrogens with zero attached hydrogens (tertiary/aromatic N) is 2. The summed E-state index contributed by atoms with van der Waals surface area (Å²) in [6.07, 6.45) is -20.4. The third kappa shape index (κ3) is 11.1. The van der Waals surface area contributed by atoms with Crippen molar-refractivity contribution in [3.63, 3.8) is 0 Å². The molecule has 0 aliphatic heterocycles. The molecule has 52 heavy (non-hydrogen) atoms. The fraction of sp³-hybridized carbons (Fsp3) is 0.133. The Balaban J connectivity index is 0.000000291. The molecule has 276 valence electrons. The fourth-order valence-corrected chi connectivity index (χ4v) is 4.12. The molecule has 0 aliphatic rings. The van der Waals surface area contributed by atoms with Crippen LogP contribution in [-0.4, -0.2) is 17.2 Å². The lowest BCUT2D eigenvalue weighted by molar-refractivity contribution is -0.144. The van der Waals surface area contributed by atoms with Crippen molar-refractivity contribution in [1.82, 2.24) is 0 Å². The second-order valence-electron chi connectivity index (χ2n) is 9.72. The van der Waals surface area contributed by atoms with Gasteiger partial charge in [-0.2, -0.15) is 63.2 Å². The summed E-state index contributed by atoms with van der Waals surface area (Å²) >= 11 is 2.68. The van der Waals surface area contributed by atoms with Crippen LogP contribution in [0.3, 0.4) is 0 Å². The Labute approximate surface area is 289 Å². The van der Waals surface area contributed by atoms with Crippen molar-refractivity contribution in [2.75, 3.05) is 0 Å². The molecule has 0 unspecified atom stereocenters. The quantitative estimate of drug-likeness (QED) is 0.120. The maximum absolute atomic E-state index is 13.9. The van der Waals surface area contributed by atoms with E-state index in [0.29, 0.717) is 36.4 Å². The van der Waals surface area contributed by atoms with Crippen LogP contribution in [-0.2, 0) is 24.7 Å². The predicted molar refractivity (Wildman–Crippen MR) is 152 cm³/mol. The predicted octanol–water partition coefficient (Wildman–Crippen LogP) is 9.54. The lowest BCUT2D eigenvalue weighted by Crippen LogP contribution is -2.36. The third-order valence-corrected chi connectivity index (χ3v) is 6.93. The molecule has 22 heteroatoms. The molecular weight excluding hydrogens is 815 g/mol. The lowest BCUT2D eigenvalue weighted by atomic mass is 9.76. The van der Waals surface area contributed by atoms with Crippen LogP contribution in [0.4, 0.5) is 70.2 Å². The molecule has 0 amide bonds. The molecule has 0 atom stereocenters. The number of hydrogen-bond donors (Lipinski definition) is 2. The van der Waals surface area contributed by atoms with Crippen LogP contribution < -0.4 is 5.46 Å². The zero-order chi connectivity index (χ0) is 40.1. The number of alkyl halides is 12. The van der Waals surface area contributed by atoms with Crippen molar-refractivity contribution in [2.24, 2.45) is 0 Å². The molecule has 4 aromatic carbocycles. The SMILES string of the molecule is N#Cc1cc(F)c(-c2ccc(C(F)(F)F)cc2C(F)(F)F)c(F)c1.N#Cc1cc(F)c(Br)c(F)c1.OB(O)c1ccc(C(F)(F)F)cc1C(F)(F)F. The number of hydrogen-bond acceptors (Lipinski definition) is 4. The number of rotatable bonds is 2. The first-order chi connectivity index (χ1) is 23.6. The number of benzene rings is 4. The Morgan fingerprint density at radius 3 is 1.23 bits per heavy atom. The van der Waals surface area contributed by atoms with Gasteiger partial charge < -0.3 is 10.0 Å². The van der Waals surface area contributed by atoms with Gasteiger partial charge in [0.1, 0.15) is 23.3 Å². The first kappa shape index (κ1) is 43.4. The highest BCUT2D eigenvalue weighted by Crippen LogP contribution is 2.42. The highest BCUT2D eigenvalue weighted by Gasteiger charge is 2.41. The normalized spacial score (nSPS) is 11.7.